The van der Waals surface area contributed by atoms with E-state index in [2.05, 4.69) is 35.5 Å². The predicted molar refractivity (Wildman–Crippen MR) is 83.3 cm³/mol. The molecule has 1 aromatic carbocycles. The number of rotatable bonds is 5. The lowest BCUT2D eigenvalue weighted by atomic mass is 10.3. The fourth-order valence-corrected chi connectivity index (χ4v) is 2.30. The van der Waals surface area contributed by atoms with Crippen LogP contribution in [0.4, 0.5) is 17.3 Å². The maximum Gasteiger partial charge on any atom is 0.245 e. The lowest BCUT2D eigenvalue weighted by molar-refractivity contribution is 0.314. The van der Waals surface area contributed by atoms with Crippen LogP contribution in [0.1, 0.15) is 12.8 Å². The van der Waals surface area contributed by atoms with Gasteiger partial charge in [-0.3, -0.25) is 0 Å². The van der Waals surface area contributed by atoms with Crippen molar-refractivity contribution in [3.8, 4) is 0 Å². The second kappa shape index (κ2) is 5.42. The van der Waals surface area contributed by atoms with Gasteiger partial charge in [-0.2, -0.15) is 0 Å². The van der Waals surface area contributed by atoms with Gasteiger partial charge in [-0.05, 0) is 47.3 Å². The number of anilines is 3. The predicted octanol–water partition coefficient (Wildman–Crippen LogP) is 3.23. The average Bonchev–Trinajstić information content (AvgIpc) is 3.22. The molecule has 2 N–H and O–H groups in total. The van der Waals surface area contributed by atoms with Crippen LogP contribution >= 0.6 is 11.6 Å². The van der Waals surface area contributed by atoms with E-state index in [4.69, 9.17) is 11.6 Å². The molecule has 3 aromatic rings. The molecule has 112 valence electrons. The number of nitrogens with one attached hydrogen (secondary N) is 2. The van der Waals surface area contributed by atoms with Gasteiger partial charge in [-0.25, -0.2) is 14.6 Å². The van der Waals surface area contributed by atoms with E-state index in [1.165, 1.54) is 12.8 Å². The average molecular weight is 317 g/mol. The molecule has 1 saturated carbocycles. The van der Waals surface area contributed by atoms with Gasteiger partial charge in [0, 0.05) is 17.3 Å². The Morgan fingerprint density at radius 3 is 2.64 bits per heavy atom. The number of fused-ring (bicyclic) bond motifs is 1. The summed E-state index contributed by atoms with van der Waals surface area (Å²) >= 11 is 6.01. The summed E-state index contributed by atoms with van der Waals surface area (Å²) in [6, 6.07) is 7.41. The van der Waals surface area contributed by atoms with Crippen molar-refractivity contribution in [2.75, 3.05) is 17.2 Å². The molecule has 0 saturated heterocycles. The normalized spacial score (nSPS) is 14.2. The van der Waals surface area contributed by atoms with Crippen molar-refractivity contribution in [2.45, 2.75) is 12.8 Å². The largest absolute Gasteiger partial charge is 0.367 e. The van der Waals surface area contributed by atoms with E-state index in [1.54, 1.807) is 0 Å². The summed E-state index contributed by atoms with van der Waals surface area (Å²) in [5.41, 5.74) is 1.57. The Kier molecular flexibility index (Phi) is 3.27. The fourth-order valence-electron chi connectivity index (χ4n) is 2.11. The van der Waals surface area contributed by atoms with Crippen molar-refractivity contribution in [1.29, 1.82) is 0 Å². The topological polar surface area (TPSA) is 88.8 Å². The number of hydrogen-bond donors (Lipinski definition) is 2. The minimum Gasteiger partial charge on any atom is -0.367 e. The molecular formula is C14H13ClN6O. The molecule has 1 aliphatic carbocycles. The van der Waals surface area contributed by atoms with Crippen LogP contribution in [0.2, 0.25) is 5.02 Å². The zero-order valence-corrected chi connectivity index (χ0v) is 12.3. The van der Waals surface area contributed by atoms with Gasteiger partial charge in [0.05, 0.1) is 0 Å². The highest BCUT2D eigenvalue weighted by Crippen LogP contribution is 2.30. The molecule has 2 heterocycles. The molecule has 7 nitrogen and oxygen atoms in total. The molecule has 0 amide bonds. The van der Waals surface area contributed by atoms with Gasteiger partial charge in [0.15, 0.2) is 11.6 Å². The summed E-state index contributed by atoms with van der Waals surface area (Å²) in [6.07, 6.45) is 2.51. The molecule has 2 aromatic heterocycles. The zero-order chi connectivity index (χ0) is 14.9. The summed E-state index contributed by atoms with van der Waals surface area (Å²) in [7, 11) is 0. The lowest BCUT2D eigenvalue weighted by Gasteiger charge is -2.11. The van der Waals surface area contributed by atoms with Crippen LogP contribution < -0.4 is 10.6 Å². The number of aromatic nitrogens is 4. The van der Waals surface area contributed by atoms with Gasteiger partial charge < -0.3 is 10.6 Å². The van der Waals surface area contributed by atoms with Crippen LogP contribution in [0.25, 0.3) is 11.3 Å². The van der Waals surface area contributed by atoms with Crippen molar-refractivity contribution in [3.05, 3.63) is 29.3 Å². The molecule has 0 spiro atoms. The summed E-state index contributed by atoms with van der Waals surface area (Å²) in [5.74, 6) is 1.92. The van der Waals surface area contributed by atoms with Crippen LogP contribution in [0.3, 0.4) is 0 Å². The number of halogens is 1. The Morgan fingerprint density at radius 2 is 1.91 bits per heavy atom. The molecule has 22 heavy (non-hydrogen) atoms. The van der Waals surface area contributed by atoms with Gasteiger partial charge in [-0.1, -0.05) is 17.7 Å². The SMILES string of the molecule is Clc1cccc(Nc2nc3nonc3nc2NCC2CC2)c1. The van der Waals surface area contributed by atoms with Gasteiger partial charge in [0.1, 0.15) is 0 Å². The monoisotopic (exact) mass is 316 g/mol. The van der Waals surface area contributed by atoms with E-state index in [1.807, 2.05) is 24.3 Å². The van der Waals surface area contributed by atoms with Crippen LogP contribution in [0, 0.1) is 5.92 Å². The smallest absolute Gasteiger partial charge is 0.245 e. The Labute approximate surface area is 131 Å². The number of hydrogen-bond acceptors (Lipinski definition) is 7. The molecule has 0 aliphatic heterocycles. The molecule has 4 rings (SSSR count). The molecule has 0 atom stereocenters. The first-order chi connectivity index (χ1) is 10.8. The summed E-state index contributed by atoms with van der Waals surface area (Å²) < 4.78 is 4.68. The molecule has 1 aliphatic rings. The lowest BCUT2D eigenvalue weighted by Crippen LogP contribution is -2.09. The third-order valence-corrected chi connectivity index (χ3v) is 3.69. The third-order valence-electron chi connectivity index (χ3n) is 3.46. The summed E-state index contributed by atoms with van der Waals surface area (Å²) in [6.45, 7) is 0.871. The van der Waals surface area contributed by atoms with Crippen molar-refractivity contribution in [3.63, 3.8) is 0 Å². The first-order valence-corrected chi connectivity index (χ1v) is 7.42. The Morgan fingerprint density at radius 1 is 1.14 bits per heavy atom. The van der Waals surface area contributed by atoms with Crippen molar-refractivity contribution in [1.82, 2.24) is 20.3 Å². The van der Waals surface area contributed by atoms with Gasteiger partial charge in [0.25, 0.3) is 0 Å². The zero-order valence-electron chi connectivity index (χ0n) is 11.6. The molecular weight excluding hydrogens is 304 g/mol. The van der Waals surface area contributed by atoms with E-state index in [9.17, 15) is 0 Å². The number of benzene rings is 1. The Hall–Kier alpha value is -2.41. The van der Waals surface area contributed by atoms with Gasteiger partial charge in [0.2, 0.25) is 11.3 Å². The van der Waals surface area contributed by atoms with Gasteiger partial charge in [-0.15, -0.1) is 0 Å². The van der Waals surface area contributed by atoms with Gasteiger partial charge >= 0.3 is 0 Å². The van der Waals surface area contributed by atoms with Crippen LogP contribution in [-0.4, -0.2) is 26.8 Å². The van der Waals surface area contributed by atoms with Crippen LogP contribution in [0.15, 0.2) is 28.9 Å². The molecule has 0 unspecified atom stereocenters. The molecule has 1 fully saturated rings. The molecule has 8 heteroatoms. The minimum atomic E-state index is 0.363. The maximum absolute atomic E-state index is 6.01. The van der Waals surface area contributed by atoms with E-state index in [0.29, 0.717) is 33.9 Å². The quantitative estimate of drug-likeness (QED) is 0.747. The Bertz CT molecular complexity index is 816. The third kappa shape index (κ3) is 2.80. The summed E-state index contributed by atoms with van der Waals surface area (Å²) in [4.78, 5) is 8.83. The van der Waals surface area contributed by atoms with Crippen molar-refractivity contribution >= 4 is 40.2 Å². The second-order valence-electron chi connectivity index (χ2n) is 5.29. The van der Waals surface area contributed by atoms with E-state index >= 15 is 0 Å². The Balaban J connectivity index is 1.67. The molecule has 0 radical (unpaired) electrons. The first kappa shape index (κ1) is 13.3. The van der Waals surface area contributed by atoms with E-state index in [0.717, 1.165) is 12.2 Å². The highest BCUT2D eigenvalue weighted by atomic mass is 35.5. The number of nitrogens with zero attached hydrogens (tertiary/aromatic N) is 4. The van der Waals surface area contributed by atoms with Crippen molar-refractivity contribution in [2.24, 2.45) is 5.92 Å². The molecule has 0 bridgehead atoms. The maximum atomic E-state index is 6.01. The van der Waals surface area contributed by atoms with E-state index in [-0.39, 0.29) is 0 Å². The summed E-state index contributed by atoms with van der Waals surface area (Å²) in [5, 5.41) is 14.6. The standard InChI is InChI=1S/C14H13ClN6O/c15-9-2-1-3-10(6-9)17-12-11(16-7-8-4-5-8)18-13-14(19-12)21-22-20-13/h1-3,6,8H,4-5,7H2,(H,16,18,20)(H,17,19,21). The van der Waals surface area contributed by atoms with E-state index < -0.39 is 0 Å². The second-order valence-corrected chi connectivity index (χ2v) is 5.73. The highest BCUT2D eigenvalue weighted by Gasteiger charge is 2.22. The first-order valence-electron chi connectivity index (χ1n) is 7.05. The fraction of sp³-hybridized carbons (Fsp3) is 0.286. The van der Waals surface area contributed by atoms with Crippen molar-refractivity contribution < 1.29 is 4.63 Å². The highest BCUT2D eigenvalue weighted by molar-refractivity contribution is 6.30. The minimum absolute atomic E-state index is 0.363. The van der Waals surface area contributed by atoms with Crippen LogP contribution in [0.5, 0.6) is 0 Å². The van der Waals surface area contributed by atoms with Crippen LogP contribution in [-0.2, 0) is 0 Å².